The average Bonchev–Trinajstić information content (AvgIpc) is 3.12. The first kappa shape index (κ1) is 23.0. The summed E-state index contributed by atoms with van der Waals surface area (Å²) in [6.07, 6.45) is -1.03. The Labute approximate surface area is 188 Å². The molecule has 0 aliphatic heterocycles. The summed E-state index contributed by atoms with van der Waals surface area (Å²) in [6.45, 7) is 4.46. The molecule has 3 nitrogen and oxygen atoms in total. The molecule has 0 radical (unpaired) electrons. The van der Waals surface area contributed by atoms with E-state index in [0.717, 1.165) is 17.8 Å². The topological polar surface area (TPSA) is 25.2 Å². The maximum absolute atomic E-state index is 13.0. The van der Waals surface area contributed by atoms with Crippen LogP contribution in [0, 0.1) is 0 Å². The van der Waals surface area contributed by atoms with Gasteiger partial charge in [0.25, 0.3) is 5.91 Å². The second kappa shape index (κ2) is 9.62. The number of halogens is 5. The van der Waals surface area contributed by atoms with Gasteiger partial charge in [-0.05, 0) is 48.0 Å². The molecule has 31 heavy (non-hydrogen) atoms. The summed E-state index contributed by atoms with van der Waals surface area (Å²) in [5, 5.41) is 0.699. The molecular formula is C23H19Cl2F3N2O. The van der Waals surface area contributed by atoms with Gasteiger partial charge in [0.05, 0.1) is 12.1 Å². The maximum atomic E-state index is 13.0. The molecular weight excluding hydrogens is 448 g/mol. The van der Waals surface area contributed by atoms with Crippen LogP contribution < -0.4 is 0 Å². The number of carbonyl (C=O) groups is 1. The van der Waals surface area contributed by atoms with Gasteiger partial charge >= 0.3 is 6.18 Å². The lowest BCUT2D eigenvalue weighted by Gasteiger charge is -2.23. The number of nitrogens with zero attached hydrogens (tertiary/aromatic N) is 2. The van der Waals surface area contributed by atoms with Crippen LogP contribution >= 0.6 is 23.2 Å². The van der Waals surface area contributed by atoms with Crippen LogP contribution in [0.15, 0.2) is 73.4 Å². The summed E-state index contributed by atoms with van der Waals surface area (Å²) in [5.74, 6) is -0.281. The van der Waals surface area contributed by atoms with E-state index in [-0.39, 0.29) is 25.5 Å². The van der Waals surface area contributed by atoms with Crippen molar-refractivity contribution in [3.63, 3.8) is 0 Å². The molecule has 0 N–H and O–H groups in total. The van der Waals surface area contributed by atoms with Crippen LogP contribution in [0.2, 0.25) is 10.0 Å². The van der Waals surface area contributed by atoms with E-state index in [2.05, 4.69) is 6.58 Å². The molecule has 0 unspecified atom stereocenters. The fourth-order valence-corrected chi connectivity index (χ4v) is 3.75. The third kappa shape index (κ3) is 5.93. The van der Waals surface area contributed by atoms with Crippen molar-refractivity contribution >= 4 is 29.1 Å². The number of alkyl halides is 3. The highest BCUT2D eigenvalue weighted by molar-refractivity contribution is 6.35. The summed E-state index contributed by atoms with van der Waals surface area (Å²) < 4.78 is 40.8. The highest BCUT2D eigenvalue weighted by Gasteiger charge is 2.30. The first-order valence-electron chi connectivity index (χ1n) is 9.34. The molecule has 0 atom stereocenters. The van der Waals surface area contributed by atoms with Gasteiger partial charge in [-0.15, -0.1) is 6.58 Å². The van der Waals surface area contributed by atoms with Crippen LogP contribution in [0.3, 0.4) is 0 Å². The Morgan fingerprint density at radius 3 is 2.42 bits per heavy atom. The second-order valence-electron chi connectivity index (χ2n) is 6.96. The number of amides is 1. The predicted octanol–water partition coefficient (Wildman–Crippen LogP) is 6.69. The SMILES string of the molecule is C=CCN(Cc1cccn1Cc1cccc(C(F)(F)F)c1)C(=O)c1cc(Cl)cc(Cl)c1. The van der Waals surface area contributed by atoms with E-state index in [4.69, 9.17) is 23.2 Å². The van der Waals surface area contributed by atoms with Crippen molar-refractivity contribution in [1.82, 2.24) is 9.47 Å². The fourth-order valence-electron chi connectivity index (χ4n) is 3.22. The Kier molecular flexibility index (Phi) is 7.13. The smallest absolute Gasteiger partial charge is 0.345 e. The first-order chi connectivity index (χ1) is 14.7. The van der Waals surface area contributed by atoms with E-state index < -0.39 is 11.7 Å². The molecule has 0 spiro atoms. The van der Waals surface area contributed by atoms with Crippen LogP contribution in [0.25, 0.3) is 0 Å². The number of rotatable bonds is 7. The minimum Gasteiger partial charge on any atom is -0.345 e. The van der Waals surface area contributed by atoms with Crippen molar-refractivity contribution in [1.29, 1.82) is 0 Å². The summed E-state index contributed by atoms with van der Waals surface area (Å²) in [4.78, 5) is 14.6. The predicted molar refractivity (Wildman–Crippen MR) is 116 cm³/mol. The van der Waals surface area contributed by atoms with E-state index in [1.165, 1.54) is 24.3 Å². The quantitative estimate of drug-likeness (QED) is 0.356. The number of carbonyl (C=O) groups excluding carboxylic acids is 1. The molecule has 0 bridgehead atoms. The van der Waals surface area contributed by atoms with Crippen molar-refractivity contribution < 1.29 is 18.0 Å². The van der Waals surface area contributed by atoms with Gasteiger partial charge in [-0.2, -0.15) is 13.2 Å². The van der Waals surface area contributed by atoms with E-state index in [0.29, 0.717) is 21.2 Å². The van der Waals surface area contributed by atoms with Gasteiger partial charge in [-0.25, -0.2) is 0 Å². The van der Waals surface area contributed by atoms with Crippen LogP contribution in [0.5, 0.6) is 0 Å². The molecule has 0 saturated carbocycles. The standard InChI is InChI=1S/C23H19Cl2F3N2O/c1-2-8-30(22(31)17-11-19(24)13-20(25)12-17)15-21-7-4-9-29(21)14-16-5-3-6-18(10-16)23(26,27)28/h2-7,9-13H,1,8,14-15H2. The largest absolute Gasteiger partial charge is 0.416 e. The Bertz CT molecular complexity index is 1070. The van der Waals surface area contributed by atoms with E-state index in [1.54, 1.807) is 29.3 Å². The van der Waals surface area contributed by atoms with Crippen LogP contribution in [-0.2, 0) is 19.3 Å². The van der Waals surface area contributed by atoms with E-state index in [9.17, 15) is 18.0 Å². The number of hydrogen-bond acceptors (Lipinski definition) is 1. The van der Waals surface area contributed by atoms with Gasteiger partial charge < -0.3 is 9.47 Å². The first-order valence-corrected chi connectivity index (χ1v) is 10.1. The minimum atomic E-state index is -4.40. The van der Waals surface area contributed by atoms with Gasteiger partial charge in [0.15, 0.2) is 0 Å². The van der Waals surface area contributed by atoms with E-state index >= 15 is 0 Å². The summed E-state index contributed by atoms with van der Waals surface area (Å²) in [6, 6.07) is 13.4. The molecule has 3 rings (SSSR count). The van der Waals surface area contributed by atoms with Gasteiger partial charge in [0, 0.05) is 40.6 Å². The van der Waals surface area contributed by atoms with Crippen molar-refractivity contribution in [2.24, 2.45) is 0 Å². The summed E-state index contributed by atoms with van der Waals surface area (Å²) >= 11 is 12.0. The molecule has 0 aliphatic rings. The normalized spacial score (nSPS) is 11.4. The van der Waals surface area contributed by atoms with Gasteiger partial charge in [-0.3, -0.25) is 4.79 Å². The zero-order chi connectivity index (χ0) is 22.6. The Morgan fingerprint density at radius 2 is 1.77 bits per heavy atom. The molecule has 1 heterocycles. The van der Waals surface area contributed by atoms with Gasteiger partial charge in [0.2, 0.25) is 0 Å². The molecule has 1 amide bonds. The van der Waals surface area contributed by atoms with E-state index in [1.807, 2.05) is 10.6 Å². The number of benzene rings is 2. The number of aromatic nitrogens is 1. The van der Waals surface area contributed by atoms with Gasteiger partial charge in [-0.1, -0.05) is 41.4 Å². The lowest BCUT2D eigenvalue weighted by molar-refractivity contribution is -0.137. The zero-order valence-corrected chi connectivity index (χ0v) is 17.9. The fraction of sp³-hybridized carbons (Fsp3) is 0.174. The minimum absolute atomic E-state index is 0.237. The third-order valence-electron chi connectivity index (χ3n) is 4.63. The van der Waals surface area contributed by atoms with Crippen molar-refractivity contribution in [2.45, 2.75) is 19.3 Å². The molecule has 1 aromatic heterocycles. The van der Waals surface area contributed by atoms with Gasteiger partial charge in [0.1, 0.15) is 0 Å². The van der Waals surface area contributed by atoms with Crippen molar-refractivity contribution in [2.75, 3.05) is 6.54 Å². The van der Waals surface area contributed by atoms with Crippen LogP contribution in [0.1, 0.15) is 27.2 Å². The Morgan fingerprint density at radius 1 is 1.06 bits per heavy atom. The summed E-state index contributed by atoms with van der Waals surface area (Å²) in [7, 11) is 0. The Hall–Kier alpha value is -2.70. The molecule has 3 aromatic rings. The van der Waals surface area contributed by atoms with Crippen LogP contribution in [0.4, 0.5) is 13.2 Å². The molecule has 162 valence electrons. The summed E-state index contributed by atoms with van der Waals surface area (Å²) in [5.41, 5.74) is 0.923. The number of hydrogen-bond donors (Lipinski definition) is 0. The molecule has 8 heteroatoms. The molecule has 0 aliphatic carbocycles. The van der Waals surface area contributed by atoms with Crippen molar-refractivity contribution in [3.05, 3.63) is 106 Å². The zero-order valence-electron chi connectivity index (χ0n) is 16.4. The lowest BCUT2D eigenvalue weighted by atomic mass is 10.1. The highest BCUT2D eigenvalue weighted by atomic mass is 35.5. The second-order valence-corrected chi connectivity index (χ2v) is 7.83. The monoisotopic (exact) mass is 466 g/mol. The Balaban J connectivity index is 1.83. The van der Waals surface area contributed by atoms with Crippen molar-refractivity contribution in [3.8, 4) is 0 Å². The highest BCUT2D eigenvalue weighted by Crippen LogP contribution is 2.30. The third-order valence-corrected chi connectivity index (χ3v) is 5.07. The lowest BCUT2D eigenvalue weighted by Crippen LogP contribution is -2.31. The van der Waals surface area contributed by atoms with Crippen LogP contribution in [-0.4, -0.2) is 21.9 Å². The average molecular weight is 467 g/mol. The molecule has 0 fully saturated rings. The molecule has 2 aromatic carbocycles. The molecule has 0 saturated heterocycles. The maximum Gasteiger partial charge on any atom is 0.416 e.